The first kappa shape index (κ1) is 16.5. The van der Waals surface area contributed by atoms with Gasteiger partial charge in [-0.05, 0) is 43.9 Å². The molecule has 120 valence electrons. The molecule has 1 aromatic heterocycles. The second kappa shape index (κ2) is 7.97. The van der Waals surface area contributed by atoms with Crippen LogP contribution in [0.2, 0.25) is 0 Å². The predicted molar refractivity (Wildman–Crippen MR) is 85.3 cm³/mol. The van der Waals surface area contributed by atoms with Crippen molar-refractivity contribution in [1.29, 1.82) is 0 Å². The Hall–Kier alpha value is -0.840. The van der Waals surface area contributed by atoms with Crippen LogP contribution >= 0.6 is 0 Å². The smallest absolute Gasteiger partial charge is 0.120 e. The minimum atomic E-state index is 0.666. The number of furan rings is 1. The summed E-state index contributed by atoms with van der Waals surface area (Å²) in [5.74, 6) is 2.82. The van der Waals surface area contributed by atoms with Crippen molar-refractivity contribution < 1.29 is 9.15 Å². The zero-order valence-electron chi connectivity index (χ0n) is 13.9. The van der Waals surface area contributed by atoms with Crippen LogP contribution in [0.1, 0.15) is 43.8 Å². The second-order valence-electron chi connectivity index (χ2n) is 6.54. The molecule has 1 heterocycles. The van der Waals surface area contributed by atoms with Gasteiger partial charge in [-0.1, -0.05) is 13.8 Å². The molecule has 1 aliphatic carbocycles. The number of aryl methyl sites for hydroxylation is 1. The molecule has 1 aliphatic rings. The van der Waals surface area contributed by atoms with Crippen molar-refractivity contribution in [3.05, 3.63) is 23.2 Å². The SMILES string of the molecule is COCCN(Cc1cc(C)c(CNCC(C)C)o1)C1CC1. The lowest BCUT2D eigenvalue weighted by Crippen LogP contribution is -2.28. The fourth-order valence-corrected chi connectivity index (χ4v) is 2.56. The number of hydrogen-bond donors (Lipinski definition) is 1. The van der Waals surface area contributed by atoms with E-state index in [-0.39, 0.29) is 0 Å². The molecular weight excluding hydrogens is 264 g/mol. The van der Waals surface area contributed by atoms with Gasteiger partial charge in [-0.15, -0.1) is 0 Å². The molecule has 0 aliphatic heterocycles. The van der Waals surface area contributed by atoms with Gasteiger partial charge in [0.05, 0.1) is 19.7 Å². The van der Waals surface area contributed by atoms with Crippen LogP contribution in [0.5, 0.6) is 0 Å². The maximum absolute atomic E-state index is 6.04. The van der Waals surface area contributed by atoms with Crippen LogP contribution in [0.25, 0.3) is 0 Å². The van der Waals surface area contributed by atoms with Crippen molar-refractivity contribution in [1.82, 2.24) is 10.2 Å². The number of nitrogens with zero attached hydrogens (tertiary/aromatic N) is 1. The molecule has 0 spiro atoms. The van der Waals surface area contributed by atoms with E-state index in [0.29, 0.717) is 5.92 Å². The number of hydrogen-bond acceptors (Lipinski definition) is 4. The molecule has 0 aromatic carbocycles. The van der Waals surface area contributed by atoms with Crippen molar-refractivity contribution in [2.75, 3.05) is 26.8 Å². The van der Waals surface area contributed by atoms with Crippen molar-refractivity contribution in [2.45, 2.75) is 52.7 Å². The third-order valence-electron chi connectivity index (χ3n) is 3.91. The molecule has 1 N–H and O–H groups in total. The van der Waals surface area contributed by atoms with Gasteiger partial charge in [-0.25, -0.2) is 0 Å². The van der Waals surface area contributed by atoms with E-state index in [1.807, 2.05) is 0 Å². The molecule has 1 aromatic rings. The Kier molecular flexibility index (Phi) is 6.27. The molecule has 1 saturated carbocycles. The van der Waals surface area contributed by atoms with E-state index in [2.05, 4.69) is 37.1 Å². The molecule has 4 heteroatoms. The lowest BCUT2D eigenvalue weighted by molar-refractivity contribution is 0.134. The van der Waals surface area contributed by atoms with Crippen LogP contribution in [-0.4, -0.2) is 37.7 Å². The van der Waals surface area contributed by atoms with Crippen molar-refractivity contribution >= 4 is 0 Å². The van der Waals surface area contributed by atoms with Crippen LogP contribution < -0.4 is 5.32 Å². The lowest BCUT2D eigenvalue weighted by Gasteiger charge is -2.20. The Morgan fingerprint density at radius 1 is 1.43 bits per heavy atom. The first-order chi connectivity index (χ1) is 10.1. The van der Waals surface area contributed by atoms with Crippen molar-refractivity contribution in [3.63, 3.8) is 0 Å². The van der Waals surface area contributed by atoms with Gasteiger partial charge >= 0.3 is 0 Å². The van der Waals surface area contributed by atoms with Crippen LogP contribution in [0, 0.1) is 12.8 Å². The summed E-state index contributed by atoms with van der Waals surface area (Å²) in [6.45, 7) is 11.1. The van der Waals surface area contributed by atoms with Gasteiger partial charge in [0.1, 0.15) is 11.5 Å². The summed E-state index contributed by atoms with van der Waals surface area (Å²) in [7, 11) is 1.76. The van der Waals surface area contributed by atoms with E-state index >= 15 is 0 Å². The molecule has 4 nitrogen and oxygen atoms in total. The van der Waals surface area contributed by atoms with Crippen LogP contribution in [0.15, 0.2) is 10.5 Å². The van der Waals surface area contributed by atoms with Gasteiger partial charge in [0.25, 0.3) is 0 Å². The van der Waals surface area contributed by atoms with E-state index in [0.717, 1.165) is 50.3 Å². The number of nitrogens with one attached hydrogen (secondary N) is 1. The summed E-state index contributed by atoms with van der Waals surface area (Å²) in [6, 6.07) is 2.92. The normalized spacial score (nSPS) is 15.3. The minimum absolute atomic E-state index is 0.666. The minimum Gasteiger partial charge on any atom is -0.463 e. The quantitative estimate of drug-likeness (QED) is 0.720. The van der Waals surface area contributed by atoms with Gasteiger partial charge in [0.15, 0.2) is 0 Å². The Balaban J connectivity index is 1.87. The van der Waals surface area contributed by atoms with Crippen LogP contribution in [0.4, 0.5) is 0 Å². The summed E-state index contributed by atoms with van der Waals surface area (Å²) in [6.07, 6.45) is 2.62. The highest BCUT2D eigenvalue weighted by Crippen LogP contribution is 2.28. The molecule has 0 radical (unpaired) electrons. The summed E-state index contributed by atoms with van der Waals surface area (Å²) < 4.78 is 11.2. The third-order valence-corrected chi connectivity index (χ3v) is 3.91. The fraction of sp³-hybridized carbons (Fsp3) is 0.765. The van der Waals surface area contributed by atoms with Crippen LogP contribution in [0.3, 0.4) is 0 Å². The number of methoxy groups -OCH3 is 1. The average Bonchev–Trinajstić information content (AvgIpc) is 3.21. The van der Waals surface area contributed by atoms with Gasteiger partial charge < -0.3 is 14.5 Å². The summed E-state index contributed by atoms with van der Waals surface area (Å²) >= 11 is 0. The summed E-state index contributed by atoms with van der Waals surface area (Å²) in [5.41, 5.74) is 1.25. The molecule has 0 bridgehead atoms. The van der Waals surface area contributed by atoms with Crippen molar-refractivity contribution in [3.8, 4) is 0 Å². The van der Waals surface area contributed by atoms with Gasteiger partial charge in [0.2, 0.25) is 0 Å². The molecule has 1 fully saturated rings. The van der Waals surface area contributed by atoms with E-state index in [4.69, 9.17) is 9.15 Å². The van der Waals surface area contributed by atoms with Crippen molar-refractivity contribution in [2.24, 2.45) is 5.92 Å². The maximum atomic E-state index is 6.04. The molecule has 21 heavy (non-hydrogen) atoms. The van der Waals surface area contributed by atoms with Gasteiger partial charge in [0, 0.05) is 19.7 Å². The Labute approximate surface area is 128 Å². The summed E-state index contributed by atoms with van der Waals surface area (Å²) in [4.78, 5) is 2.48. The maximum Gasteiger partial charge on any atom is 0.120 e. The zero-order valence-corrected chi connectivity index (χ0v) is 13.9. The first-order valence-corrected chi connectivity index (χ1v) is 8.12. The highest BCUT2D eigenvalue weighted by molar-refractivity contribution is 5.20. The highest BCUT2D eigenvalue weighted by Gasteiger charge is 2.29. The van der Waals surface area contributed by atoms with Crippen LogP contribution in [-0.2, 0) is 17.8 Å². The summed E-state index contributed by atoms with van der Waals surface area (Å²) in [5, 5.41) is 3.45. The molecule has 0 amide bonds. The Bertz CT molecular complexity index is 424. The standard InChI is InChI=1S/C17H30N2O2/c1-13(2)10-18-11-17-14(3)9-16(21-17)12-19(7-8-20-4)15-5-6-15/h9,13,15,18H,5-8,10-12H2,1-4H3. The monoisotopic (exact) mass is 294 g/mol. The Morgan fingerprint density at radius 3 is 2.81 bits per heavy atom. The zero-order chi connectivity index (χ0) is 15.2. The van der Waals surface area contributed by atoms with E-state index in [1.165, 1.54) is 18.4 Å². The van der Waals surface area contributed by atoms with Gasteiger partial charge in [-0.2, -0.15) is 0 Å². The molecule has 0 unspecified atom stereocenters. The topological polar surface area (TPSA) is 37.6 Å². The second-order valence-corrected chi connectivity index (χ2v) is 6.54. The number of ether oxygens (including phenoxy) is 1. The first-order valence-electron chi connectivity index (χ1n) is 8.12. The lowest BCUT2D eigenvalue weighted by atomic mass is 10.2. The Morgan fingerprint density at radius 2 is 2.19 bits per heavy atom. The molecular formula is C17H30N2O2. The van der Waals surface area contributed by atoms with Gasteiger partial charge in [-0.3, -0.25) is 4.90 Å². The largest absolute Gasteiger partial charge is 0.463 e. The number of rotatable bonds is 10. The highest BCUT2D eigenvalue weighted by atomic mass is 16.5. The van der Waals surface area contributed by atoms with E-state index < -0.39 is 0 Å². The van der Waals surface area contributed by atoms with E-state index in [1.54, 1.807) is 7.11 Å². The van der Waals surface area contributed by atoms with E-state index in [9.17, 15) is 0 Å². The molecule has 0 atom stereocenters. The molecule has 2 rings (SSSR count). The average molecular weight is 294 g/mol. The fourth-order valence-electron chi connectivity index (χ4n) is 2.56. The third kappa shape index (κ3) is 5.46. The molecule has 0 saturated heterocycles. The predicted octanol–water partition coefficient (Wildman–Crippen LogP) is 2.94.